The largest absolute Gasteiger partial charge is 2.00 e. The van der Waals surface area contributed by atoms with E-state index >= 15 is 0 Å². The van der Waals surface area contributed by atoms with Crippen molar-refractivity contribution >= 4 is 24.4 Å². The molecule has 194 valence electrons. The van der Waals surface area contributed by atoms with Crippen LogP contribution in [0.3, 0.4) is 0 Å². The number of fused-ring (bicyclic) bond motifs is 2. The van der Waals surface area contributed by atoms with E-state index in [1.54, 1.807) is 0 Å². The molecule has 2 aliphatic carbocycles. The van der Waals surface area contributed by atoms with Gasteiger partial charge in [-0.25, -0.2) is 4.99 Å². The van der Waals surface area contributed by atoms with Crippen LogP contribution in [0.4, 0.5) is 0 Å². The third-order valence-corrected chi connectivity index (χ3v) is 9.12. The summed E-state index contributed by atoms with van der Waals surface area (Å²) in [4.78, 5) is 5.02. The van der Waals surface area contributed by atoms with Crippen LogP contribution in [0.1, 0.15) is 18.1 Å². The minimum Gasteiger partial charge on any atom is -0.473 e. The molecule has 2 saturated carbocycles. The maximum Gasteiger partial charge on any atom is 2.00 e. The molecule has 6 heteroatoms. The number of nitrogens with zero attached hydrogens (tertiary/aromatic N) is 1. The van der Waals surface area contributed by atoms with Gasteiger partial charge in [0, 0.05) is 22.7 Å². The number of ether oxygens (including phenoxy) is 3. The molecule has 3 aromatic carbocycles. The summed E-state index contributed by atoms with van der Waals surface area (Å²) in [7, 11) is -0.683. The number of rotatable bonds is 5. The van der Waals surface area contributed by atoms with E-state index in [0.717, 1.165) is 22.6 Å². The van der Waals surface area contributed by atoms with Gasteiger partial charge in [0.25, 0.3) is 0 Å². The number of hydrogen-bond acceptors (Lipinski definition) is 4. The molecule has 2 aliphatic heterocycles. The maximum atomic E-state index is 5.98. The fourth-order valence-electron chi connectivity index (χ4n) is 4.76. The Labute approximate surface area is 244 Å². The first-order valence-corrected chi connectivity index (χ1v) is 14.1. The van der Waals surface area contributed by atoms with Gasteiger partial charge in [-0.05, 0) is 89.0 Å². The van der Waals surface area contributed by atoms with Crippen LogP contribution in [0, 0.1) is 62.9 Å². The van der Waals surface area contributed by atoms with Gasteiger partial charge in [-0.1, -0.05) is 60.7 Å². The van der Waals surface area contributed by atoms with E-state index in [2.05, 4.69) is 86.8 Å². The van der Waals surface area contributed by atoms with E-state index < -0.39 is 7.92 Å². The predicted molar refractivity (Wildman–Crippen MR) is 153 cm³/mol. The Balaban J connectivity index is 0.000000464. The summed E-state index contributed by atoms with van der Waals surface area (Å²) in [5.74, 6) is 3.44. The molecule has 0 N–H and O–H groups in total. The first-order chi connectivity index (χ1) is 18.8. The zero-order chi connectivity index (χ0) is 25.7. The summed E-state index contributed by atoms with van der Waals surface area (Å²) in [5, 5.41) is 2.67. The molecule has 2 heterocycles. The van der Waals surface area contributed by atoms with Gasteiger partial charge in [0.15, 0.2) is 11.5 Å². The number of benzene rings is 3. The fourth-order valence-corrected chi connectivity index (χ4v) is 7.31. The molecular formula is C33H28FeNO3P+2. The average molecular weight is 573 g/mol. The van der Waals surface area contributed by atoms with Gasteiger partial charge in [-0.15, -0.1) is 0 Å². The van der Waals surface area contributed by atoms with Gasteiger partial charge >= 0.3 is 17.1 Å². The summed E-state index contributed by atoms with van der Waals surface area (Å²) >= 11 is 0. The van der Waals surface area contributed by atoms with Crippen molar-refractivity contribution in [2.75, 3.05) is 6.79 Å². The summed E-state index contributed by atoms with van der Waals surface area (Å²) in [6.07, 6.45) is 16.6. The summed E-state index contributed by atoms with van der Waals surface area (Å²) < 4.78 is 17.1. The molecule has 4 aliphatic rings. The molecule has 2 fully saturated rings. The van der Waals surface area contributed by atoms with Crippen molar-refractivity contribution in [3.63, 3.8) is 0 Å². The molecule has 0 unspecified atom stereocenters. The maximum absolute atomic E-state index is 5.98. The van der Waals surface area contributed by atoms with Gasteiger partial charge in [-0.2, -0.15) is 0 Å². The molecule has 0 aromatic heterocycles. The van der Waals surface area contributed by atoms with Gasteiger partial charge < -0.3 is 14.2 Å². The van der Waals surface area contributed by atoms with Crippen molar-refractivity contribution in [1.29, 1.82) is 0 Å². The van der Waals surface area contributed by atoms with Crippen molar-refractivity contribution in [2.45, 2.75) is 19.6 Å². The molecule has 0 amide bonds. The van der Waals surface area contributed by atoms with Crippen LogP contribution >= 0.6 is 7.92 Å². The monoisotopic (exact) mass is 573 g/mol. The second kappa shape index (κ2) is 13.4. The average Bonchev–Trinajstić information content (AvgIpc) is 3.78. The van der Waals surface area contributed by atoms with Crippen LogP contribution in [-0.2, 0) is 28.4 Å². The molecule has 0 saturated heterocycles. The Morgan fingerprint density at radius 1 is 0.718 bits per heavy atom. The fraction of sp³-hybridized carbons (Fsp3) is 0.121. The second-order valence-electron chi connectivity index (χ2n) is 9.10. The zero-order valence-corrected chi connectivity index (χ0v) is 23.5. The minimum atomic E-state index is -0.683. The van der Waals surface area contributed by atoms with Crippen molar-refractivity contribution in [1.82, 2.24) is 0 Å². The van der Waals surface area contributed by atoms with Gasteiger partial charge in [0.1, 0.15) is 6.61 Å². The Kier molecular flexibility index (Phi) is 9.66. The first-order valence-electron chi connectivity index (χ1n) is 12.7. The molecule has 4 nitrogen and oxygen atoms in total. The standard InChI is InChI=1S/C28H23NO3P.C5H5.Fe/c1-19(29-28-24-16-26-25(31-18-32-26)15-20(24)17-30-28)23-13-8-14-27(23)33(21-9-4-2-5-10-21)22-11-6-3-7-12-22;1-2-4-5-3-1;/h2-16,19H,17-18H2,1H3;1-5H;/q;;+2/t19-;;/m1../s1. The number of aliphatic imine (C=N–C) groups is 1. The molecule has 0 bridgehead atoms. The van der Waals surface area contributed by atoms with E-state index in [1.807, 2.05) is 44.2 Å². The minimum absolute atomic E-state index is 0. The molecule has 1 atom stereocenters. The van der Waals surface area contributed by atoms with Gasteiger partial charge in [-0.3, -0.25) is 0 Å². The molecular weight excluding hydrogens is 545 g/mol. The Hall–Kier alpha value is -2.32. The van der Waals surface area contributed by atoms with E-state index in [9.17, 15) is 0 Å². The molecule has 0 spiro atoms. The summed E-state index contributed by atoms with van der Waals surface area (Å²) in [5.41, 5.74) is 3.42. The van der Waals surface area contributed by atoms with Crippen LogP contribution in [0.25, 0.3) is 0 Å². The second-order valence-corrected chi connectivity index (χ2v) is 11.3. The summed E-state index contributed by atoms with van der Waals surface area (Å²) in [6, 6.07) is 25.5. The smallest absolute Gasteiger partial charge is 0.473 e. The Bertz CT molecular complexity index is 1200. The Morgan fingerprint density at radius 3 is 1.92 bits per heavy atom. The van der Waals surface area contributed by atoms with Gasteiger partial charge in [0.2, 0.25) is 12.7 Å². The topological polar surface area (TPSA) is 40.0 Å². The van der Waals surface area contributed by atoms with Crippen LogP contribution in [-0.4, -0.2) is 18.7 Å². The van der Waals surface area contributed by atoms with Crippen LogP contribution in [0.2, 0.25) is 0 Å². The van der Waals surface area contributed by atoms with Crippen molar-refractivity contribution in [2.24, 2.45) is 4.99 Å². The van der Waals surface area contributed by atoms with Crippen molar-refractivity contribution in [3.8, 4) is 11.5 Å². The van der Waals surface area contributed by atoms with E-state index in [0.29, 0.717) is 12.5 Å². The van der Waals surface area contributed by atoms with E-state index in [4.69, 9.17) is 19.2 Å². The van der Waals surface area contributed by atoms with Crippen LogP contribution in [0.5, 0.6) is 11.5 Å². The molecule has 10 radical (unpaired) electrons. The molecule has 3 aromatic rings. The van der Waals surface area contributed by atoms with Crippen molar-refractivity contribution in [3.05, 3.63) is 147 Å². The third kappa shape index (κ3) is 6.37. The van der Waals surface area contributed by atoms with Crippen LogP contribution in [0.15, 0.2) is 77.8 Å². The summed E-state index contributed by atoms with van der Waals surface area (Å²) in [6.45, 7) is 2.91. The normalized spacial score (nSPS) is 19.8. The number of hydrogen-bond donors (Lipinski definition) is 0. The van der Waals surface area contributed by atoms with E-state index in [1.165, 1.54) is 22.2 Å². The van der Waals surface area contributed by atoms with E-state index in [-0.39, 0.29) is 29.9 Å². The quantitative estimate of drug-likeness (QED) is 0.279. The van der Waals surface area contributed by atoms with Gasteiger partial charge in [0.05, 0.1) is 6.04 Å². The molecule has 39 heavy (non-hydrogen) atoms. The predicted octanol–water partition coefficient (Wildman–Crippen LogP) is 5.97. The van der Waals surface area contributed by atoms with Crippen molar-refractivity contribution < 1.29 is 31.3 Å². The first kappa shape index (κ1) is 28.2. The Morgan fingerprint density at radius 2 is 1.31 bits per heavy atom. The molecule has 7 rings (SSSR count). The zero-order valence-electron chi connectivity index (χ0n) is 21.5. The third-order valence-electron chi connectivity index (χ3n) is 6.61. The van der Waals surface area contributed by atoms with Crippen LogP contribution < -0.4 is 20.1 Å². The SMILES string of the molecule is C[C@@H](N=C1OCc2cc3c(cc21)OCO3)[C]1[CH][CH][CH][C]1P(c1ccccc1)c1ccccc1.[CH]1[CH][CH][CH][CH]1.[Fe+2].